The van der Waals surface area contributed by atoms with Crippen molar-refractivity contribution in [1.82, 2.24) is 20.6 Å². The molecule has 10 nitrogen and oxygen atoms in total. The van der Waals surface area contributed by atoms with Crippen LogP contribution in [0.5, 0.6) is 5.75 Å². The Balaban J connectivity index is 1.22. The van der Waals surface area contributed by atoms with Crippen LogP contribution in [-0.2, 0) is 16.0 Å². The molecule has 5 aromatic rings. The number of nitrogens with one attached hydrogen (secondary N) is 2. The Morgan fingerprint density at radius 3 is 1.92 bits per heavy atom. The van der Waals surface area contributed by atoms with Crippen LogP contribution in [0.15, 0.2) is 116 Å². The maximum atomic E-state index is 13.3. The molecule has 10 heteroatoms. The van der Waals surface area contributed by atoms with Crippen molar-refractivity contribution in [1.29, 1.82) is 0 Å². The van der Waals surface area contributed by atoms with E-state index in [1.165, 1.54) is 44.7 Å². The van der Waals surface area contributed by atoms with E-state index in [9.17, 15) is 24.3 Å². The zero-order valence-corrected chi connectivity index (χ0v) is 30.0. The minimum Gasteiger partial charge on any atom is -0.494 e. The van der Waals surface area contributed by atoms with Crippen LogP contribution in [0.2, 0.25) is 0 Å². The van der Waals surface area contributed by atoms with E-state index in [-0.39, 0.29) is 17.8 Å². The molecule has 4 aromatic carbocycles. The van der Waals surface area contributed by atoms with Gasteiger partial charge in [0.2, 0.25) is 5.91 Å². The lowest BCUT2D eigenvalue weighted by Gasteiger charge is -2.20. The Kier molecular flexibility index (Phi) is 13.6. The third-order valence-corrected chi connectivity index (χ3v) is 8.80. The minimum absolute atomic E-state index is 0.0904. The number of hydrogen-bond acceptors (Lipinski definition) is 7. The summed E-state index contributed by atoms with van der Waals surface area (Å²) >= 11 is 0. The number of carboxylic acids is 1. The summed E-state index contributed by atoms with van der Waals surface area (Å²) in [5, 5.41) is 14.5. The van der Waals surface area contributed by atoms with Crippen molar-refractivity contribution in [2.75, 3.05) is 6.61 Å². The molecule has 1 aromatic heterocycles. The number of ether oxygens (including phenoxy) is 1. The van der Waals surface area contributed by atoms with Gasteiger partial charge in [-0.15, -0.1) is 0 Å². The smallest absolute Gasteiger partial charge is 0.325 e. The Labute approximate surface area is 309 Å². The molecule has 3 N–H and O–H groups in total. The lowest BCUT2D eigenvalue weighted by Crippen LogP contribution is -2.51. The summed E-state index contributed by atoms with van der Waals surface area (Å²) in [6.45, 7) is 4.26. The molecule has 0 saturated heterocycles. The third kappa shape index (κ3) is 10.9. The maximum absolute atomic E-state index is 13.3. The fraction of sp³-hybridized carbons (Fsp3) is 0.256. The van der Waals surface area contributed by atoms with Crippen LogP contribution in [0.4, 0.5) is 0 Å². The first-order valence-corrected chi connectivity index (χ1v) is 17.9. The summed E-state index contributed by atoms with van der Waals surface area (Å²) in [4.78, 5) is 59.9. The van der Waals surface area contributed by atoms with Crippen molar-refractivity contribution >= 4 is 23.6 Å². The Hall–Kier alpha value is -6.16. The molecule has 0 spiro atoms. The number of carbonyl (C=O) groups excluding carboxylic acids is 3. The molecule has 0 aliphatic carbocycles. The lowest BCUT2D eigenvalue weighted by molar-refractivity contribution is -0.141. The molecule has 0 radical (unpaired) electrons. The molecule has 1 heterocycles. The first-order valence-electron chi connectivity index (χ1n) is 17.9. The standard InChI is InChI=1S/C43H44N4O6/c1-3-4-5-6-10-25-53-37-23-21-31(22-24-37)36-27-44-40(45-28-36)34-15-13-30(14-16-34)26-38(42(50)46-29(2)43(51)52)47-41(49)35-19-17-33(18-20-35)39(48)32-11-8-7-9-12-32/h7-9,11-24,27-29,38H,3-6,10,25-26H2,1-2H3,(H,46,50)(H,47,49)(H,51,52)/t29-,38+/m1/s1. The van der Waals surface area contributed by atoms with Crippen molar-refractivity contribution in [3.05, 3.63) is 138 Å². The van der Waals surface area contributed by atoms with Crippen molar-refractivity contribution in [3.8, 4) is 28.3 Å². The van der Waals surface area contributed by atoms with E-state index < -0.39 is 29.9 Å². The van der Waals surface area contributed by atoms with Crippen molar-refractivity contribution < 1.29 is 29.0 Å². The van der Waals surface area contributed by atoms with Crippen LogP contribution in [0.1, 0.15) is 77.8 Å². The normalized spacial score (nSPS) is 12.0. The van der Waals surface area contributed by atoms with Crippen LogP contribution in [0.3, 0.4) is 0 Å². The van der Waals surface area contributed by atoms with Crippen molar-refractivity contribution in [2.45, 2.75) is 64.5 Å². The second-order valence-electron chi connectivity index (χ2n) is 12.9. The molecule has 0 unspecified atom stereocenters. The number of rotatable bonds is 18. The van der Waals surface area contributed by atoms with E-state index in [4.69, 9.17) is 4.74 Å². The van der Waals surface area contributed by atoms with Gasteiger partial charge >= 0.3 is 5.97 Å². The van der Waals surface area contributed by atoms with Crippen LogP contribution in [-0.4, -0.2) is 57.3 Å². The predicted molar refractivity (Wildman–Crippen MR) is 204 cm³/mol. The summed E-state index contributed by atoms with van der Waals surface area (Å²) in [7, 11) is 0. The average molecular weight is 713 g/mol. The number of hydrogen-bond donors (Lipinski definition) is 3. The monoisotopic (exact) mass is 712 g/mol. The Bertz CT molecular complexity index is 1960. The molecule has 0 fully saturated rings. The molecule has 5 rings (SSSR count). The molecule has 2 atom stereocenters. The van der Waals surface area contributed by atoms with Crippen molar-refractivity contribution in [2.24, 2.45) is 0 Å². The number of unbranched alkanes of at least 4 members (excludes halogenated alkanes) is 4. The van der Waals surface area contributed by atoms with E-state index in [0.29, 0.717) is 23.6 Å². The molecule has 0 bridgehead atoms. The molecular formula is C43H44N4O6. The van der Waals surface area contributed by atoms with Gasteiger partial charge in [-0.1, -0.05) is 111 Å². The Morgan fingerprint density at radius 1 is 0.679 bits per heavy atom. The quantitative estimate of drug-likeness (QED) is 0.0633. The topological polar surface area (TPSA) is 148 Å². The second kappa shape index (κ2) is 18.9. The van der Waals surface area contributed by atoms with Gasteiger partial charge in [0.05, 0.1) is 6.61 Å². The van der Waals surface area contributed by atoms with Gasteiger partial charge in [-0.3, -0.25) is 19.2 Å². The molecular weight excluding hydrogens is 668 g/mol. The van der Waals surface area contributed by atoms with Crippen molar-refractivity contribution in [3.63, 3.8) is 0 Å². The van der Waals surface area contributed by atoms with E-state index in [1.807, 2.05) is 54.6 Å². The van der Waals surface area contributed by atoms with Gasteiger partial charge < -0.3 is 20.5 Å². The Morgan fingerprint density at radius 2 is 1.28 bits per heavy atom. The lowest BCUT2D eigenvalue weighted by atomic mass is 10.0. The molecule has 2 amide bonds. The zero-order valence-electron chi connectivity index (χ0n) is 30.0. The van der Waals surface area contributed by atoms with Crippen LogP contribution >= 0.6 is 0 Å². The summed E-state index contributed by atoms with van der Waals surface area (Å²) in [6.07, 6.45) is 9.58. The largest absolute Gasteiger partial charge is 0.494 e. The summed E-state index contributed by atoms with van der Waals surface area (Å²) in [5.74, 6) is -1.21. The summed E-state index contributed by atoms with van der Waals surface area (Å²) < 4.78 is 5.88. The van der Waals surface area contributed by atoms with Gasteiger partial charge in [0.25, 0.3) is 5.91 Å². The van der Waals surface area contributed by atoms with Crippen LogP contribution in [0, 0.1) is 0 Å². The highest BCUT2D eigenvalue weighted by atomic mass is 16.5. The third-order valence-electron chi connectivity index (χ3n) is 8.80. The molecule has 272 valence electrons. The number of aromatic nitrogens is 2. The second-order valence-corrected chi connectivity index (χ2v) is 12.9. The predicted octanol–water partition coefficient (Wildman–Crippen LogP) is 7.32. The fourth-order valence-electron chi connectivity index (χ4n) is 5.65. The number of benzene rings is 4. The zero-order chi connectivity index (χ0) is 37.6. The van der Waals surface area contributed by atoms with Gasteiger partial charge in [-0.25, -0.2) is 9.97 Å². The van der Waals surface area contributed by atoms with Crippen LogP contribution in [0.25, 0.3) is 22.5 Å². The van der Waals surface area contributed by atoms with Gasteiger partial charge in [-0.2, -0.15) is 0 Å². The number of carbonyl (C=O) groups is 4. The van der Waals surface area contributed by atoms with E-state index >= 15 is 0 Å². The first-order chi connectivity index (χ1) is 25.7. The van der Waals surface area contributed by atoms with E-state index in [1.54, 1.807) is 48.8 Å². The number of amides is 2. The van der Waals surface area contributed by atoms with Gasteiger partial charge in [0.15, 0.2) is 11.6 Å². The first kappa shape index (κ1) is 38.1. The van der Waals surface area contributed by atoms with Crippen LogP contribution < -0.4 is 15.4 Å². The summed E-state index contributed by atoms with van der Waals surface area (Å²) in [6, 6.07) is 27.9. The van der Waals surface area contributed by atoms with Gasteiger partial charge in [-0.05, 0) is 48.7 Å². The fourth-order valence-corrected chi connectivity index (χ4v) is 5.65. The molecule has 0 aliphatic rings. The highest BCUT2D eigenvalue weighted by molar-refractivity contribution is 6.09. The number of aliphatic carboxylic acids is 1. The average Bonchev–Trinajstić information content (AvgIpc) is 3.19. The SMILES string of the molecule is CCCCCCCOc1ccc(-c2cnc(-c3ccc(C[C@H](NC(=O)c4ccc(C(=O)c5ccccc5)cc4)C(=O)N[C@H](C)C(=O)O)cc3)nc2)cc1. The highest BCUT2D eigenvalue weighted by Gasteiger charge is 2.25. The minimum atomic E-state index is -1.20. The van der Waals surface area contributed by atoms with E-state index in [2.05, 4.69) is 27.5 Å². The van der Waals surface area contributed by atoms with Gasteiger partial charge in [0.1, 0.15) is 17.8 Å². The number of carboxylic acid groups (broad SMARTS) is 1. The molecule has 0 aliphatic heterocycles. The molecule has 53 heavy (non-hydrogen) atoms. The number of ketones is 1. The summed E-state index contributed by atoms with van der Waals surface area (Å²) in [5.41, 5.74) is 4.51. The number of nitrogens with zero attached hydrogens (tertiary/aromatic N) is 2. The van der Waals surface area contributed by atoms with E-state index in [0.717, 1.165) is 34.4 Å². The van der Waals surface area contributed by atoms with Gasteiger partial charge in [0, 0.05) is 46.6 Å². The highest BCUT2D eigenvalue weighted by Crippen LogP contribution is 2.24. The maximum Gasteiger partial charge on any atom is 0.325 e. The molecule has 0 saturated carbocycles.